The minimum Gasteiger partial charge on any atom is -0.382 e. The first kappa shape index (κ1) is 26.2. The van der Waals surface area contributed by atoms with Gasteiger partial charge in [-0.05, 0) is 63.7 Å². The molecule has 166 valence electrons. The van der Waals surface area contributed by atoms with Gasteiger partial charge in [-0.3, -0.25) is 0 Å². The summed E-state index contributed by atoms with van der Waals surface area (Å²) in [4.78, 5) is 7.09. The van der Waals surface area contributed by atoms with Gasteiger partial charge in [-0.2, -0.15) is 0 Å². The van der Waals surface area contributed by atoms with Crippen LogP contribution in [0.1, 0.15) is 57.1 Å². The zero-order valence-electron chi connectivity index (χ0n) is 18.8. The molecular weight excluding hydrogens is 475 g/mol. The third-order valence-electron chi connectivity index (χ3n) is 5.63. The van der Waals surface area contributed by atoms with Gasteiger partial charge in [0.2, 0.25) is 0 Å². The summed E-state index contributed by atoms with van der Waals surface area (Å²) in [5, 5.41) is 7.05. The first-order valence-electron chi connectivity index (χ1n) is 10.9. The summed E-state index contributed by atoms with van der Waals surface area (Å²) in [6.45, 7) is 9.36. The zero-order chi connectivity index (χ0) is 20.2. The third-order valence-corrected chi connectivity index (χ3v) is 5.63. The fraction of sp³-hybridized carbons (Fsp3) is 0.696. The highest BCUT2D eigenvalue weighted by molar-refractivity contribution is 14.0. The number of hydrogen-bond acceptors (Lipinski definition) is 3. The van der Waals surface area contributed by atoms with Gasteiger partial charge in [0.05, 0.1) is 6.54 Å². The van der Waals surface area contributed by atoms with E-state index in [9.17, 15) is 0 Å². The quantitative estimate of drug-likeness (QED) is 0.198. The van der Waals surface area contributed by atoms with E-state index in [0.717, 1.165) is 45.2 Å². The van der Waals surface area contributed by atoms with Gasteiger partial charge in [-0.15, -0.1) is 24.0 Å². The predicted octanol–water partition coefficient (Wildman–Crippen LogP) is 4.41. The molecule has 2 N–H and O–H groups in total. The van der Waals surface area contributed by atoms with Crippen LogP contribution < -0.4 is 10.6 Å². The molecule has 0 saturated heterocycles. The third kappa shape index (κ3) is 9.22. The van der Waals surface area contributed by atoms with E-state index in [1.165, 1.54) is 36.8 Å². The summed E-state index contributed by atoms with van der Waals surface area (Å²) in [5.74, 6) is 0.921. The molecule has 6 heteroatoms. The van der Waals surface area contributed by atoms with Crippen molar-refractivity contribution in [1.29, 1.82) is 0 Å². The SMILES string of the molecule is CCNC(=NCc1ccccc1CN(C)C)NCC1(CCOCC)CCCC1.I. The average Bonchev–Trinajstić information content (AvgIpc) is 3.14. The van der Waals surface area contributed by atoms with Crippen molar-refractivity contribution in [3.8, 4) is 0 Å². The molecule has 1 aliphatic rings. The maximum absolute atomic E-state index is 5.65. The lowest BCUT2D eigenvalue weighted by molar-refractivity contribution is 0.105. The predicted molar refractivity (Wildman–Crippen MR) is 134 cm³/mol. The molecule has 0 heterocycles. The lowest BCUT2D eigenvalue weighted by Gasteiger charge is -2.30. The van der Waals surface area contributed by atoms with Gasteiger partial charge in [-0.1, -0.05) is 37.1 Å². The molecule has 1 aromatic carbocycles. The standard InChI is InChI=1S/C23H40N4O.HI/c1-5-24-22(25-17-20-11-7-8-12-21(20)18-27(3)4)26-19-23(13-9-10-14-23)15-16-28-6-2;/h7-8,11-12H,5-6,9-10,13-19H2,1-4H3,(H2,24,25,26);1H. The highest BCUT2D eigenvalue weighted by Gasteiger charge is 2.33. The van der Waals surface area contributed by atoms with Gasteiger partial charge in [0, 0.05) is 32.8 Å². The van der Waals surface area contributed by atoms with Crippen LogP contribution in [0.15, 0.2) is 29.3 Å². The molecule has 29 heavy (non-hydrogen) atoms. The molecule has 0 bridgehead atoms. The number of nitrogens with zero attached hydrogens (tertiary/aromatic N) is 2. The molecule has 0 radical (unpaired) electrons. The molecule has 0 unspecified atom stereocenters. The van der Waals surface area contributed by atoms with Crippen molar-refractivity contribution in [3.63, 3.8) is 0 Å². The average molecular weight is 517 g/mol. The van der Waals surface area contributed by atoms with E-state index in [4.69, 9.17) is 9.73 Å². The van der Waals surface area contributed by atoms with E-state index in [-0.39, 0.29) is 24.0 Å². The Bertz CT molecular complexity index is 600. The smallest absolute Gasteiger partial charge is 0.191 e. The van der Waals surface area contributed by atoms with Gasteiger partial charge >= 0.3 is 0 Å². The lowest BCUT2D eigenvalue weighted by atomic mass is 9.83. The number of rotatable bonds is 11. The van der Waals surface area contributed by atoms with Gasteiger partial charge in [-0.25, -0.2) is 4.99 Å². The second-order valence-electron chi connectivity index (χ2n) is 8.21. The Hall–Kier alpha value is -0.860. The van der Waals surface area contributed by atoms with Crippen molar-refractivity contribution in [2.24, 2.45) is 10.4 Å². The number of halogens is 1. The highest BCUT2D eigenvalue weighted by atomic mass is 127. The molecule has 1 aromatic rings. The maximum atomic E-state index is 5.65. The molecular formula is C23H41IN4O. The summed E-state index contributed by atoms with van der Waals surface area (Å²) in [5.41, 5.74) is 2.99. The van der Waals surface area contributed by atoms with Crippen LogP contribution in [0.2, 0.25) is 0 Å². The largest absolute Gasteiger partial charge is 0.382 e. The van der Waals surface area contributed by atoms with Crippen LogP contribution in [0.5, 0.6) is 0 Å². The molecule has 1 saturated carbocycles. The van der Waals surface area contributed by atoms with E-state index in [2.05, 4.69) is 67.7 Å². The number of aliphatic imine (C=N–C) groups is 1. The Kier molecular flexibility index (Phi) is 12.8. The summed E-state index contributed by atoms with van der Waals surface area (Å²) in [7, 11) is 4.21. The number of nitrogens with one attached hydrogen (secondary N) is 2. The Morgan fingerprint density at radius 1 is 1.10 bits per heavy atom. The molecule has 1 fully saturated rings. The monoisotopic (exact) mass is 516 g/mol. The maximum Gasteiger partial charge on any atom is 0.191 e. The first-order chi connectivity index (χ1) is 13.6. The minimum absolute atomic E-state index is 0. The van der Waals surface area contributed by atoms with E-state index in [1.807, 2.05) is 0 Å². The van der Waals surface area contributed by atoms with Crippen LogP contribution in [0.4, 0.5) is 0 Å². The van der Waals surface area contributed by atoms with Crippen molar-refractivity contribution >= 4 is 29.9 Å². The normalized spacial score (nSPS) is 16.0. The molecule has 0 amide bonds. The Morgan fingerprint density at radius 2 is 1.79 bits per heavy atom. The van der Waals surface area contributed by atoms with E-state index in [1.54, 1.807) is 0 Å². The van der Waals surface area contributed by atoms with Crippen LogP contribution >= 0.6 is 24.0 Å². The molecule has 0 spiro atoms. The molecule has 0 aromatic heterocycles. The lowest BCUT2D eigenvalue weighted by Crippen LogP contribution is -2.43. The number of hydrogen-bond donors (Lipinski definition) is 2. The second kappa shape index (κ2) is 14.2. The van der Waals surface area contributed by atoms with E-state index < -0.39 is 0 Å². The Morgan fingerprint density at radius 3 is 2.41 bits per heavy atom. The number of ether oxygens (including phenoxy) is 1. The van der Waals surface area contributed by atoms with Crippen molar-refractivity contribution < 1.29 is 4.74 Å². The summed E-state index contributed by atoms with van der Waals surface area (Å²) >= 11 is 0. The first-order valence-corrected chi connectivity index (χ1v) is 10.9. The van der Waals surface area contributed by atoms with Gasteiger partial charge in [0.15, 0.2) is 5.96 Å². The van der Waals surface area contributed by atoms with Crippen molar-refractivity contribution in [3.05, 3.63) is 35.4 Å². The van der Waals surface area contributed by atoms with Gasteiger partial charge < -0.3 is 20.3 Å². The zero-order valence-corrected chi connectivity index (χ0v) is 21.1. The van der Waals surface area contributed by atoms with Crippen LogP contribution in [0, 0.1) is 5.41 Å². The topological polar surface area (TPSA) is 48.9 Å². The highest BCUT2D eigenvalue weighted by Crippen LogP contribution is 2.40. The van der Waals surface area contributed by atoms with Crippen LogP contribution in [0.3, 0.4) is 0 Å². The summed E-state index contributed by atoms with van der Waals surface area (Å²) in [6.07, 6.45) is 6.38. The molecule has 5 nitrogen and oxygen atoms in total. The van der Waals surface area contributed by atoms with Gasteiger partial charge in [0.1, 0.15) is 0 Å². The molecule has 0 aliphatic heterocycles. The minimum atomic E-state index is 0. The van der Waals surface area contributed by atoms with Crippen LogP contribution in [-0.2, 0) is 17.8 Å². The fourth-order valence-electron chi connectivity index (χ4n) is 4.06. The Labute approximate surface area is 195 Å². The van der Waals surface area contributed by atoms with E-state index >= 15 is 0 Å². The number of benzene rings is 1. The fourth-order valence-corrected chi connectivity index (χ4v) is 4.06. The van der Waals surface area contributed by atoms with Crippen molar-refractivity contribution in [1.82, 2.24) is 15.5 Å². The van der Waals surface area contributed by atoms with Crippen LogP contribution in [0.25, 0.3) is 0 Å². The van der Waals surface area contributed by atoms with Crippen molar-refractivity contribution in [2.75, 3.05) is 40.4 Å². The Balaban J connectivity index is 0.00000420. The van der Waals surface area contributed by atoms with Crippen molar-refractivity contribution in [2.45, 2.75) is 59.0 Å². The van der Waals surface area contributed by atoms with Gasteiger partial charge in [0.25, 0.3) is 0 Å². The van der Waals surface area contributed by atoms with E-state index in [0.29, 0.717) is 12.0 Å². The molecule has 1 aliphatic carbocycles. The molecule has 0 atom stereocenters. The summed E-state index contributed by atoms with van der Waals surface area (Å²) in [6, 6.07) is 8.60. The molecule has 2 rings (SSSR count). The summed E-state index contributed by atoms with van der Waals surface area (Å²) < 4.78 is 5.65. The van der Waals surface area contributed by atoms with Crippen LogP contribution in [-0.4, -0.2) is 51.3 Å². The number of guanidine groups is 1. The second-order valence-corrected chi connectivity index (χ2v) is 8.21.